The quantitative estimate of drug-likeness (QED) is 0.713. The summed E-state index contributed by atoms with van der Waals surface area (Å²) in [5, 5.41) is 0. The van der Waals surface area contributed by atoms with Crippen LogP contribution in [0.2, 0.25) is 0 Å². The number of anilines is 2. The Balaban J connectivity index is 2.24. The van der Waals surface area contributed by atoms with Gasteiger partial charge in [0.1, 0.15) is 0 Å². The molecular formula is C13H20N2. The fourth-order valence-corrected chi connectivity index (χ4v) is 2.32. The maximum absolute atomic E-state index is 5.83. The van der Waals surface area contributed by atoms with E-state index >= 15 is 0 Å². The molecule has 1 aromatic rings. The molecule has 2 N–H and O–H groups in total. The zero-order valence-electron chi connectivity index (χ0n) is 9.66. The Morgan fingerprint density at radius 3 is 2.80 bits per heavy atom. The van der Waals surface area contributed by atoms with Crippen molar-refractivity contribution in [1.82, 2.24) is 0 Å². The van der Waals surface area contributed by atoms with Crippen molar-refractivity contribution in [2.24, 2.45) is 0 Å². The fraction of sp³-hybridized carbons (Fsp3) is 0.538. The van der Waals surface area contributed by atoms with Crippen molar-refractivity contribution in [3.63, 3.8) is 0 Å². The van der Waals surface area contributed by atoms with Gasteiger partial charge < -0.3 is 10.6 Å². The normalized spacial score (nSPS) is 21.7. The first-order chi connectivity index (χ1) is 7.18. The van der Waals surface area contributed by atoms with Crippen molar-refractivity contribution in [3.05, 3.63) is 23.8 Å². The Labute approximate surface area is 92.1 Å². The molecule has 0 amide bonds. The average Bonchev–Trinajstić information content (AvgIpc) is 2.23. The molecule has 0 bridgehead atoms. The van der Waals surface area contributed by atoms with Crippen LogP contribution in [0.5, 0.6) is 0 Å². The van der Waals surface area contributed by atoms with Crippen LogP contribution in [-0.4, -0.2) is 12.6 Å². The second-order valence-corrected chi connectivity index (χ2v) is 4.58. The first kappa shape index (κ1) is 10.3. The molecule has 15 heavy (non-hydrogen) atoms. The first-order valence-corrected chi connectivity index (χ1v) is 5.81. The molecule has 0 unspecified atom stereocenters. The molecule has 82 valence electrons. The van der Waals surface area contributed by atoms with Crippen LogP contribution in [0.3, 0.4) is 0 Å². The van der Waals surface area contributed by atoms with Crippen molar-refractivity contribution in [2.45, 2.75) is 39.2 Å². The van der Waals surface area contributed by atoms with Gasteiger partial charge in [0.25, 0.3) is 0 Å². The number of hydrogen-bond donors (Lipinski definition) is 1. The summed E-state index contributed by atoms with van der Waals surface area (Å²) in [6, 6.07) is 7.04. The third kappa shape index (κ3) is 2.09. The van der Waals surface area contributed by atoms with E-state index in [0.717, 1.165) is 5.69 Å². The van der Waals surface area contributed by atoms with Gasteiger partial charge in [-0.05, 0) is 56.9 Å². The van der Waals surface area contributed by atoms with Crippen LogP contribution in [0.1, 0.15) is 31.7 Å². The Hall–Kier alpha value is -1.18. The number of hydrogen-bond acceptors (Lipinski definition) is 2. The molecule has 2 nitrogen and oxygen atoms in total. The second kappa shape index (κ2) is 4.13. The zero-order valence-corrected chi connectivity index (χ0v) is 9.66. The highest BCUT2D eigenvalue weighted by atomic mass is 15.2. The number of benzene rings is 1. The third-order valence-electron chi connectivity index (χ3n) is 3.39. The van der Waals surface area contributed by atoms with Crippen LogP contribution in [0.4, 0.5) is 11.4 Å². The lowest BCUT2D eigenvalue weighted by Crippen LogP contribution is -2.37. The van der Waals surface area contributed by atoms with E-state index in [4.69, 9.17) is 5.73 Å². The van der Waals surface area contributed by atoms with Crippen molar-refractivity contribution in [2.75, 3.05) is 17.2 Å². The summed E-state index contributed by atoms with van der Waals surface area (Å²) < 4.78 is 0. The summed E-state index contributed by atoms with van der Waals surface area (Å²) in [5.41, 5.74) is 9.24. The van der Waals surface area contributed by atoms with E-state index in [-0.39, 0.29) is 0 Å². The SMILES string of the molecule is Cc1cc(N2CCCC[C@@H]2C)ccc1N. The topological polar surface area (TPSA) is 29.3 Å². The Morgan fingerprint density at radius 2 is 2.13 bits per heavy atom. The predicted octanol–water partition coefficient (Wildman–Crippen LogP) is 2.96. The largest absolute Gasteiger partial charge is 0.399 e. The van der Waals surface area contributed by atoms with Crippen molar-refractivity contribution in [1.29, 1.82) is 0 Å². The molecule has 1 aliphatic rings. The third-order valence-corrected chi connectivity index (χ3v) is 3.39. The highest BCUT2D eigenvalue weighted by Gasteiger charge is 2.18. The van der Waals surface area contributed by atoms with E-state index in [2.05, 4.69) is 30.9 Å². The van der Waals surface area contributed by atoms with E-state index in [1.54, 1.807) is 0 Å². The minimum absolute atomic E-state index is 0.668. The van der Waals surface area contributed by atoms with Crippen LogP contribution in [0.25, 0.3) is 0 Å². The lowest BCUT2D eigenvalue weighted by molar-refractivity contribution is 0.485. The maximum Gasteiger partial charge on any atom is 0.0372 e. The number of rotatable bonds is 1. The molecule has 1 aromatic carbocycles. The summed E-state index contributed by atoms with van der Waals surface area (Å²) in [7, 11) is 0. The van der Waals surface area contributed by atoms with Gasteiger partial charge in [0.15, 0.2) is 0 Å². The van der Waals surface area contributed by atoms with E-state index < -0.39 is 0 Å². The molecule has 1 aliphatic heterocycles. The van der Waals surface area contributed by atoms with Gasteiger partial charge in [-0.1, -0.05) is 0 Å². The lowest BCUT2D eigenvalue weighted by atomic mass is 10.0. The molecule has 0 radical (unpaired) electrons. The number of piperidine rings is 1. The highest BCUT2D eigenvalue weighted by molar-refractivity contribution is 5.58. The van der Waals surface area contributed by atoms with Crippen LogP contribution >= 0.6 is 0 Å². The molecule has 1 fully saturated rings. The van der Waals surface area contributed by atoms with Gasteiger partial charge >= 0.3 is 0 Å². The average molecular weight is 204 g/mol. The molecular weight excluding hydrogens is 184 g/mol. The highest BCUT2D eigenvalue weighted by Crippen LogP contribution is 2.26. The van der Waals surface area contributed by atoms with Gasteiger partial charge in [0.2, 0.25) is 0 Å². The van der Waals surface area contributed by atoms with E-state index in [9.17, 15) is 0 Å². The number of nitrogens with zero attached hydrogens (tertiary/aromatic N) is 1. The lowest BCUT2D eigenvalue weighted by Gasteiger charge is -2.35. The second-order valence-electron chi connectivity index (χ2n) is 4.58. The Morgan fingerprint density at radius 1 is 1.33 bits per heavy atom. The molecule has 0 saturated carbocycles. The van der Waals surface area contributed by atoms with E-state index in [1.165, 1.54) is 37.1 Å². The number of aryl methyl sites for hydroxylation is 1. The Kier molecular flexibility index (Phi) is 2.85. The summed E-state index contributed by atoms with van der Waals surface area (Å²) in [6.45, 7) is 5.57. The minimum Gasteiger partial charge on any atom is -0.399 e. The van der Waals surface area contributed by atoms with Crippen LogP contribution in [0.15, 0.2) is 18.2 Å². The van der Waals surface area contributed by atoms with Crippen molar-refractivity contribution in [3.8, 4) is 0 Å². The smallest absolute Gasteiger partial charge is 0.0372 e. The molecule has 2 heteroatoms. The van der Waals surface area contributed by atoms with Crippen LogP contribution < -0.4 is 10.6 Å². The first-order valence-electron chi connectivity index (χ1n) is 5.81. The van der Waals surface area contributed by atoms with Gasteiger partial charge in [-0.25, -0.2) is 0 Å². The van der Waals surface area contributed by atoms with E-state index in [1.807, 2.05) is 6.07 Å². The minimum atomic E-state index is 0.668. The van der Waals surface area contributed by atoms with Gasteiger partial charge in [0.05, 0.1) is 0 Å². The number of nitrogens with two attached hydrogens (primary N) is 1. The summed E-state index contributed by atoms with van der Waals surface area (Å²) in [5.74, 6) is 0. The van der Waals surface area contributed by atoms with Gasteiger partial charge in [-0.3, -0.25) is 0 Å². The maximum atomic E-state index is 5.83. The molecule has 2 rings (SSSR count). The van der Waals surface area contributed by atoms with Crippen molar-refractivity contribution < 1.29 is 0 Å². The van der Waals surface area contributed by atoms with Crippen LogP contribution in [0, 0.1) is 6.92 Å². The molecule has 1 atom stereocenters. The Bertz CT molecular complexity index is 346. The predicted molar refractivity (Wildman–Crippen MR) is 66.3 cm³/mol. The van der Waals surface area contributed by atoms with Gasteiger partial charge in [-0.15, -0.1) is 0 Å². The molecule has 1 heterocycles. The standard InChI is InChI=1S/C13H20N2/c1-10-9-12(6-7-13(10)14)15-8-4-3-5-11(15)2/h6-7,9,11H,3-5,8,14H2,1-2H3/t11-/m0/s1. The van der Waals surface area contributed by atoms with Crippen LogP contribution in [-0.2, 0) is 0 Å². The van der Waals surface area contributed by atoms with Gasteiger partial charge in [0, 0.05) is 24.0 Å². The van der Waals surface area contributed by atoms with Gasteiger partial charge in [-0.2, -0.15) is 0 Å². The molecule has 1 saturated heterocycles. The number of nitrogen functional groups attached to an aromatic ring is 1. The summed E-state index contributed by atoms with van der Waals surface area (Å²) in [4.78, 5) is 2.50. The molecule has 0 spiro atoms. The molecule has 0 aromatic heterocycles. The van der Waals surface area contributed by atoms with E-state index in [0.29, 0.717) is 6.04 Å². The van der Waals surface area contributed by atoms with Crippen molar-refractivity contribution >= 4 is 11.4 Å². The fourth-order valence-electron chi connectivity index (χ4n) is 2.32. The zero-order chi connectivity index (χ0) is 10.8. The summed E-state index contributed by atoms with van der Waals surface area (Å²) >= 11 is 0. The monoisotopic (exact) mass is 204 g/mol. The summed E-state index contributed by atoms with van der Waals surface area (Å²) in [6.07, 6.45) is 3.99. The molecule has 0 aliphatic carbocycles.